The van der Waals surface area contributed by atoms with Gasteiger partial charge in [-0.25, -0.2) is 0 Å². The highest BCUT2D eigenvalue weighted by atomic mass is 16.5. The Hall–Kier alpha value is -1.35. The van der Waals surface area contributed by atoms with Gasteiger partial charge in [0.05, 0.1) is 0 Å². The predicted molar refractivity (Wildman–Crippen MR) is 40.5 cm³/mol. The maximum absolute atomic E-state index is 9.89. The molecule has 0 saturated heterocycles. The van der Waals surface area contributed by atoms with Crippen molar-refractivity contribution in [2.45, 2.75) is 6.23 Å². The number of hydrogen-bond donors (Lipinski definition) is 1. The van der Waals surface area contributed by atoms with Crippen molar-refractivity contribution in [3.63, 3.8) is 0 Å². The summed E-state index contributed by atoms with van der Waals surface area (Å²) in [6.45, 7) is 0.345. The summed E-state index contributed by atoms with van der Waals surface area (Å²) >= 11 is 0. The van der Waals surface area contributed by atoms with Gasteiger partial charge >= 0.3 is 0 Å². The fourth-order valence-corrected chi connectivity index (χ4v) is 0.781. The topological polar surface area (TPSA) is 52.3 Å². The minimum absolute atomic E-state index is 0.345. The number of hydrogen-bond acceptors (Lipinski definition) is 3. The minimum Gasteiger partial charge on any atom is -0.445 e. The van der Waals surface area contributed by atoms with E-state index in [0.717, 1.165) is 5.56 Å². The molecule has 11 heavy (non-hydrogen) atoms. The third-order valence-electron chi connectivity index (χ3n) is 1.33. The van der Waals surface area contributed by atoms with Gasteiger partial charge in [0.25, 0.3) is 6.47 Å². The molecule has 1 atom stereocenters. The molecule has 0 heterocycles. The molecular formula is C8H9NO2. The van der Waals surface area contributed by atoms with Crippen LogP contribution in [0.4, 0.5) is 0 Å². The highest BCUT2D eigenvalue weighted by molar-refractivity contribution is 5.38. The van der Waals surface area contributed by atoms with Gasteiger partial charge in [-0.05, 0) is 0 Å². The van der Waals surface area contributed by atoms with Crippen molar-refractivity contribution < 1.29 is 9.53 Å². The van der Waals surface area contributed by atoms with E-state index in [1.54, 1.807) is 12.1 Å². The summed E-state index contributed by atoms with van der Waals surface area (Å²) in [6.07, 6.45) is -0.645. The first kappa shape index (κ1) is 7.75. The van der Waals surface area contributed by atoms with Gasteiger partial charge in [0.1, 0.15) is 0 Å². The van der Waals surface area contributed by atoms with Crippen LogP contribution in [0.25, 0.3) is 0 Å². The lowest BCUT2D eigenvalue weighted by Gasteiger charge is -2.07. The highest BCUT2D eigenvalue weighted by Gasteiger charge is 2.02. The molecule has 0 radical (unpaired) electrons. The zero-order valence-electron chi connectivity index (χ0n) is 5.94. The molecule has 2 N–H and O–H groups in total. The van der Waals surface area contributed by atoms with Gasteiger partial charge in [0.2, 0.25) is 0 Å². The van der Waals surface area contributed by atoms with Gasteiger partial charge in [-0.15, -0.1) is 0 Å². The molecule has 0 unspecified atom stereocenters. The van der Waals surface area contributed by atoms with Crippen molar-refractivity contribution in [3.05, 3.63) is 35.9 Å². The van der Waals surface area contributed by atoms with E-state index in [4.69, 9.17) is 5.73 Å². The zero-order chi connectivity index (χ0) is 8.10. The number of nitrogens with two attached hydrogens (primary N) is 1. The summed E-state index contributed by atoms with van der Waals surface area (Å²) in [4.78, 5) is 9.89. The summed E-state index contributed by atoms with van der Waals surface area (Å²) in [5.41, 5.74) is 6.24. The molecule has 1 aromatic rings. The Morgan fingerprint density at radius 1 is 1.36 bits per heavy atom. The molecule has 0 aliphatic heterocycles. The van der Waals surface area contributed by atoms with E-state index in [1.807, 2.05) is 18.2 Å². The fraction of sp³-hybridized carbons (Fsp3) is 0.125. The van der Waals surface area contributed by atoms with Crippen LogP contribution in [-0.2, 0) is 9.53 Å². The average Bonchev–Trinajstić information content (AvgIpc) is 2.07. The van der Waals surface area contributed by atoms with E-state index in [-0.39, 0.29) is 0 Å². The molecule has 0 aromatic heterocycles. The van der Waals surface area contributed by atoms with Crippen LogP contribution in [-0.4, -0.2) is 6.47 Å². The van der Waals surface area contributed by atoms with E-state index >= 15 is 0 Å². The van der Waals surface area contributed by atoms with Crippen molar-refractivity contribution in [3.8, 4) is 0 Å². The molecule has 3 nitrogen and oxygen atoms in total. The van der Waals surface area contributed by atoms with Crippen LogP contribution in [0.5, 0.6) is 0 Å². The second-order valence-electron chi connectivity index (χ2n) is 2.06. The maximum Gasteiger partial charge on any atom is 0.294 e. The van der Waals surface area contributed by atoms with E-state index in [9.17, 15) is 4.79 Å². The zero-order valence-corrected chi connectivity index (χ0v) is 5.94. The molecular weight excluding hydrogens is 142 g/mol. The SMILES string of the molecule is N[C@@H](OC=O)c1ccccc1. The number of ether oxygens (including phenoxy) is 1. The second kappa shape index (κ2) is 3.73. The molecule has 1 rings (SSSR count). The first-order chi connectivity index (χ1) is 5.34. The molecule has 58 valence electrons. The van der Waals surface area contributed by atoms with Crippen LogP contribution < -0.4 is 5.73 Å². The number of carbonyl (C=O) groups is 1. The average molecular weight is 151 g/mol. The summed E-state index contributed by atoms with van der Waals surface area (Å²) in [5, 5.41) is 0. The van der Waals surface area contributed by atoms with E-state index in [1.165, 1.54) is 0 Å². The molecule has 0 aliphatic rings. The van der Waals surface area contributed by atoms with E-state index < -0.39 is 6.23 Å². The van der Waals surface area contributed by atoms with E-state index in [2.05, 4.69) is 4.74 Å². The second-order valence-corrected chi connectivity index (χ2v) is 2.06. The highest BCUT2D eigenvalue weighted by Crippen LogP contribution is 2.08. The molecule has 0 fully saturated rings. The van der Waals surface area contributed by atoms with Crippen molar-refractivity contribution in [2.75, 3.05) is 0 Å². The van der Waals surface area contributed by atoms with Crippen molar-refractivity contribution in [2.24, 2.45) is 5.73 Å². The Bertz CT molecular complexity index is 223. The Morgan fingerprint density at radius 2 is 2.00 bits per heavy atom. The molecule has 0 spiro atoms. The van der Waals surface area contributed by atoms with Crippen LogP contribution >= 0.6 is 0 Å². The minimum atomic E-state index is -0.645. The van der Waals surface area contributed by atoms with Gasteiger partial charge in [0.15, 0.2) is 6.23 Å². The Morgan fingerprint density at radius 3 is 2.55 bits per heavy atom. The lowest BCUT2D eigenvalue weighted by molar-refractivity contribution is -0.133. The molecule has 0 aliphatic carbocycles. The standard InChI is InChI=1S/C8H9NO2/c9-8(11-6-10)7-4-2-1-3-5-7/h1-6,8H,9H2/t8-/m0/s1. The van der Waals surface area contributed by atoms with Crippen LogP contribution in [0, 0.1) is 0 Å². The Kier molecular flexibility index (Phi) is 2.63. The molecule has 1 aromatic carbocycles. The van der Waals surface area contributed by atoms with Gasteiger partial charge in [-0.2, -0.15) is 0 Å². The summed E-state index contributed by atoms with van der Waals surface area (Å²) < 4.78 is 4.53. The largest absolute Gasteiger partial charge is 0.445 e. The predicted octanol–water partition coefficient (Wildman–Crippen LogP) is 0.817. The first-order valence-corrected chi connectivity index (χ1v) is 3.24. The summed E-state index contributed by atoms with van der Waals surface area (Å²) in [5.74, 6) is 0. The van der Waals surface area contributed by atoms with Crippen molar-refractivity contribution >= 4 is 6.47 Å². The Balaban J connectivity index is 2.68. The lowest BCUT2D eigenvalue weighted by Crippen LogP contribution is -2.12. The number of carbonyl (C=O) groups excluding carboxylic acids is 1. The van der Waals surface area contributed by atoms with Crippen LogP contribution in [0.3, 0.4) is 0 Å². The number of rotatable bonds is 3. The third-order valence-corrected chi connectivity index (χ3v) is 1.33. The lowest BCUT2D eigenvalue weighted by atomic mass is 10.2. The summed E-state index contributed by atoms with van der Waals surface area (Å²) in [6, 6.07) is 9.15. The normalized spacial score (nSPS) is 12.1. The van der Waals surface area contributed by atoms with Crippen LogP contribution in [0.15, 0.2) is 30.3 Å². The molecule has 3 heteroatoms. The van der Waals surface area contributed by atoms with Crippen LogP contribution in [0.1, 0.15) is 11.8 Å². The number of benzene rings is 1. The summed E-state index contributed by atoms with van der Waals surface area (Å²) in [7, 11) is 0. The molecule has 0 bridgehead atoms. The van der Waals surface area contributed by atoms with Gasteiger partial charge in [-0.3, -0.25) is 10.5 Å². The van der Waals surface area contributed by atoms with Crippen molar-refractivity contribution in [1.82, 2.24) is 0 Å². The fourth-order valence-electron chi connectivity index (χ4n) is 0.781. The van der Waals surface area contributed by atoms with E-state index in [0.29, 0.717) is 6.47 Å². The van der Waals surface area contributed by atoms with Gasteiger partial charge in [-0.1, -0.05) is 30.3 Å². The quantitative estimate of drug-likeness (QED) is 0.514. The third kappa shape index (κ3) is 2.05. The molecule has 0 amide bonds. The van der Waals surface area contributed by atoms with Gasteiger partial charge in [0, 0.05) is 5.56 Å². The Labute approximate surface area is 64.8 Å². The molecule has 0 saturated carbocycles. The van der Waals surface area contributed by atoms with Gasteiger partial charge < -0.3 is 4.74 Å². The first-order valence-electron chi connectivity index (χ1n) is 3.24. The smallest absolute Gasteiger partial charge is 0.294 e. The monoisotopic (exact) mass is 151 g/mol. The van der Waals surface area contributed by atoms with Crippen LogP contribution in [0.2, 0.25) is 0 Å². The maximum atomic E-state index is 9.89. The van der Waals surface area contributed by atoms with Crippen molar-refractivity contribution in [1.29, 1.82) is 0 Å².